The largest absolute Gasteiger partial charge is 0.398 e. The van der Waals surface area contributed by atoms with E-state index in [4.69, 9.17) is 15.6 Å². The molecule has 0 bridgehead atoms. The van der Waals surface area contributed by atoms with Crippen LogP contribution >= 0.6 is 0 Å². The summed E-state index contributed by atoms with van der Waals surface area (Å²) in [5, 5.41) is 9.08. The van der Waals surface area contributed by atoms with E-state index >= 15 is 0 Å². The number of nitrogen functional groups attached to an aromatic ring is 1. The maximum atomic E-state index is 12.4. The first kappa shape index (κ1) is 12.9. The maximum Gasteiger partial charge on any atom is 0.256 e. The number of morpholine rings is 1. The molecule has 18 heavy (non-hydrogen) atoms. The van der Waals surface area contributed by atoms with Gasteiger partial charge in [-0.1, -0.05) is 12.1 Å². The van der Waals surface area contributed by atoms with Gasteiger partial charge in [-0.2, -0.15) is 0 Å². The summed E-state index contributed by atoms with van der Waals surface area (Å²) < 4.78 is 5.33. The molecule has 1 saturated heterocycles. The lowest BCUT2D eigenvalue weighted by Crippen LogP contribution is -2.47. The monoisotopic (exact) mass is 250 g/mol. The molecule has 5 nitrogen and oxygen atoms in total. The Hall–Kier alpha value is -1.59. The van der Waals surface area contributed by atoms with Gasteiger partial charge in [-0.25, -0.2) is 0 Å². The number of hydrogen-bond acceptors (Lipinski definition) is 4. The van der Waals surface area contributed by atoms with Crippen LogP contribution in [0.15, 0.2) is 18.2 Å². The normalized spacial score (nSPS) is 19.9. The predicted octanol–water partition coefficient (Wildman–Crippen LogP) is 0.411. The summed E-state index contributed by atoms with van der Waals surface area (Å²) >= 11 is 0. The number of anilines is 1. The molecule has 1 atom stereocenters. The Morgan fingerprint density at radius 3 is 3.06 bits per heavy atom. The van der Waals surface area contributed by atoms with E-state index in [-0.39, 0.29) is 18.6 Å². The lowest BCUT2D eigenvalue weighted by atomic mass is 10.0. The third kappa shape index (κ3) is 2.47. The zero-order valence-corrected chi connectivity index (χ0v) is 10.4. The molecule has 1 aromatic rings. The SMILES string of the molecule is Cc1cccc(N)c1C(=O)N1CCOC(CO)C1. The quantitative estimate of drug-likeness (QED) is 0.745. The first-order chi connectivity index (χ1) is 8.63. The molecule has 0 aromatic heterocycles. The first-order valence-electron chi connectivity index (χ1n) is 6.00. The van der Waals surface area contributed by atoms with Crippen molar-refractivity contribution in [1.82, 2.24) is 4.90 Å². The van der Waals surface area contributed by atoms with E-state index in [1.54, 1.807) is 11.0 Å². The third-order valence-electron chi connectivity index (χ3n) is 3.15. The van der Waals surface area contributed by atoms with Crippen LogP contribution in [0.25, 0.3) is 0 Å². The number of ether oxygens (including phenoxy) is 1. The highest BCUT2D eigenvalue weighted by atomic mass is 16.5. The fraction of sp³-hybridized carbons (Fsp3) is 0.462. The van der Waals surface area contributed by atoms with Crippen LogP contribution in [-0.2, 0) is 4.74 Å². The average molecular weight is 250 g/mol. The van der Waals surface area contributed by atoms with Crippen molar-refractivity contribution >= 4 is 11.6 Å². The Bertz CT molecular complexity index is 428. The second-order valence-electron chi connectivity index (χ2n) is 4.47. The summed E-state index contributed by atoms with van der Waals surface area (Å²) in [7, 11) is 0. The highest BCUT2D eigenvalue weighted by molar-refractivity contribution is 6.00. The Kier molecular flexibility index (Phi) is 3.84. The molecule has 2 rings (SSSR count). The molecule has 1 aliphatic rings. The molecule has 0 spiro atoms. The highest BCUT2D eigenvalue weighted by Gasteiger charge is 2.26. The Labute approximate surface area is 106 Å². The second kappa shape index (κ2) is 5.37. The molecular formula is C13H18N2O3. The number of rotatable bonds is 2. The van der Waals surface area contributed by atoms with Gasteiger partial charge in [-0.05, 0) is 18.6 Å². The Morgan fingerprint density at radius 1 is 1.61 bits per heavy atom. The summed E-state index contributed by atoms with van der Waals surface area (Å²) in [6, 6.07) is 5.43. The fourth-order valence-corrected chi connectivity index (χ4v) is 2.15. The van der Waals surface area contributed by atoms with Gasteiger partial charge in [0.2, 0.25) is 0 Å². The van der Waals surface area contributed by atoms with Gasteiger partial charge < -0.3 is 20.5 Å². The van der Waals surface area contributed by atoms with Crippen molar-refractivity contribution in [2.24, 2.45) is 0 Å². The molecule has 0 aliphatic carbocycles. The van der Waals surface area contributed by atoms with Gasteiger partial charge in [0.15, 0.2) is 0 Å². The molecular weight excluding hydrogens is 232 g/mol. The Morgan fingerprint density at radius 2 is 2.39 bits per heavy atom. The highest BCUT2D eigenvalue weighted by Crippen LogP contribution is 2.19. The van der Waals surface area contributed by atoms with Crippen molar-refractivity contribution in [3.8, 4) is 0 Å². The number of aryl methyl sites for hydroxylation is 1. The summed E-state index contributed by atoms with van der Waals surface area (Å²) in [6.45, 7) is 3.18. The number of hydrogen-bond donors (Lipinski definition) is 2. The summed E-state index contributed by atoms with van der Waals surface area (Å²) in [6.07, 6.45) is -0.298. The fourth-order valence-electron chi connectivity index (χ4n) is 2.15. The van der Waals surface area contributed by atoms with Crippen molar-refractivity contribution in [3.63, 3.8) is 0 Å². The van der Waals surface area contributed by atoms with Crippen molar-refractivity contribution in [2.45, 2.75) is 13.0 Å². The van der Waals surface area contributed by atoms with Crippen LogP contribution in [0.5, 0.6) is 0 Å². The smallest absolute Gasteiger partial charge is 0.256 e. The number of carbonyl (C=O) groups excluding carboxylic acids is 1. The van der Waals surface area contributed by atoms with Crippen LogP contribution in [0, 0.1) is 6.92 Å². The minimum Gasteiger partial charge on any atom is -0.398 e. The van der Waals surface area contributed by atoms with Gasteiger partial charge in [0.05, 0.1) is 24.9 Å². The van der Waals surface area contributed by atoms with E-state index in [0.717, 1.165) is 5.56 Å². The van der Waals surface area contributed by atoms with Gasteiger partial charge in [-0.15, -0.1) is 0 Å². The molecule has 1 fully saturated rings. The van der Waals surface area contributed by atoms with E-state index in [1.165, 1.54) is 0 Å². The number of benzene rings is 1. The van der Waals surface area contributed by atoms with Crippen LogP contribution in [0.4, 0.5) is 5.69 Å². The molecule has 5 heteroatoms. The molecule has 1 aromatic carbocycles. The zero-order valence-electron chi connectivity index (χ0n) is 10.4. The number of carbonyl (C=O) groups is 1. The maximum absolute atomic E-state index is 12.4. The second-order valence-corrected chi connectivity index (χ2v) is 4.47. The standard InChI is InChI=1S/C13H18N2O3/c1-9-3-2-4-11(14)12(9)13(17)15-5-6-18-10(7-15)8-16/h2-4,10,16H,5-8,14H2,1H3. The number of nitrogens with zero attached hydrogens (tertiary/aromatic N) is 1. The van der Waals surface area contributed by atoms with E-state index in [2.05, 4.69) is 0 Å². The molecule has 1 amide bonds. The first-order valence-corrected chi connectivity index (χ1v) is 6.00. The summed E-state index contributed by atoms with van der Waals surface area (Å²) in [5.41, 5.74) is 7.78. The van der Waals surface area contributed by atoms with E-state index in [1.807, 2.05) is 19.1 Å². The van der Waals surface area contributed by atoms with Crippen LogP contribution in [0.1, 0.15) is 15.9 Å². The molecule has 0 radical (unpaired) electrons. The van der Waals surface area contributed by atoms with Crippen molar-refractivity contribution < 1.29 is 14.6 Å². The molecule has 3 N–H and O–H groups in total. The van der Waals surface area contributed by atoms with Gasteiger partial charge in [0.25, 0.3) is 5.91 Å². The average Bonchev–Trinajstić information content (AvgIpc) is 2.38. The van der Waals surface area contributed by atoms with Gasteiger partial charge in [-0.3, -0.25) is 4.79 Å². The zero-order chi connectivity index (χ0) is 13.1. The van der Waals surface area contributed by atoms with Crippen LogP contribution < -0.4 is 5.73 Å². The minimum absolute atomic E-state index is 0.0764. The molecule has 1 aliphatic heterocycles. The van der Waals surface area contributed by atoms with Gasteiger partial charge in [0, 0.05) is 18.8 Å². The Balaban J connectivity index is 2.20. The summed E-state index contributed by atoms with van der Waals surface area (Å²) in [4.78, 5) is 14.1. The van der Waals surface area contributed by atoms with E-state index in [0.29, 0.717) is 30.9 Å². The van der Waals surface area contributed by atoms with Crippen molar-refractivity contribution in [2.75, 3.05) is 32.0 Å². The molecule has 1 heterocycles. The van der Waals surface area contributed by atoms with E-state index in [9.17, 15) is 4.79 Å². The van der Waals surface area contributed by atoms with Gasteiger partial charge in [0.1, 0.15) is 0 Å². The minimum atomic E-state index is -0.298. The number of aliphatic hydroxyl groups is 1. The van der Waals surface area contributed by atoms with Crippen molar-refractivity contribution in [3.05, 3.63) is 29.3 Å². The lowest BCUT2D eigenvalue weighted by molar-refractivity contribution is -0.0447. The van der Waals surface area contributed by atoms with Gasteiger partial charge >= 0.3 is 0 Å². The van der Waals surface area contributed by atoms with Crippen molar-refractivity contribution in [1.29, 1.82) is 0 Å². The molecule has 0 saturated carbocycles. The van der Waals surface area contributed by atoms with E-state index < -0.39 is 0 Å². The molecule has 98 valence electrons. The summed E-state index contributed by atoms with van der Waals surface area (Å²) in [5.74, 6) is -0.0904. The van der Waals surface area contributed by atoms with Crippen LogP contribution in [-0.4, -0.2) is 48.3 Å². The number of aliphatic hydroxyl groups excluding tert-OH is 1. The predicted molar refractivity (Wildman–Crippen MR) is 68.3 cm³/mol. The molecule has 1 unspecified atom stereocenters. The van der Waals surface area contributed by atoms with Crippen LogP contribution in [0.2, 0.25) is 0 Å². The van der Waals surface area contributed by atoms with Crippen LogP contribution in [0.3, 0.4) is 0 Å². The third-order valence-corrected chi connectivity index (χ3v) is 3.15. The lowest BCUT2D eigenvalue weighted by Gasteiger charge is -2.32. The number of nitrogens with two attached hydrogens (primary N) is 1. The number of amides is 1. The topological polar surface area (TPSA) is 75.8 Å².